The SMILES string of the molecule is Cc1cc([N+](=O)[O-])ccc1NC(=O)CCN1CCN(CCOc2ccccc2Cl)CC1. The van der Waals surface area contributed by atoms with Crippen LogP contribution in [0.5, 0.6) is 5.75 Å². The van der Waals surface area contributed by atoms with Gasteiger partial charge in [-0.3, -0.25) is 19.8 Å². The number of nitrogens with one attached hydrogen (secondary N) is 1. The number of nitro groups is 1. The van der Waals surface area contributed by atoms with E-state index in [1.165, 1.54) is 12.1 Å². The number of nitro benzene ring substituents is 1. The Morgan fingerprint density at radius 1 is 1.13 bits per heavy atom. The van der Waals surface area contributed by atoms with Gasteiger partial charge in [0.25, 0.3) is 5.69 Å². The minimum atomic E-state index is -0.443. The predicted molar refractivity (Wildman–Crippen MR) is 121 cm³/mol. The van der Waals surface area contributed by atoms with Crippen LogP contribution in [0.3, 0.4) is 0 Å². The van der Waals surface area contributed by atoms with Gasteiger partial charge in [-0.1, -0.05) is 23.7 Å². The van der Waals surface area contributed by atoms with Crippen molar-refractivity contribution in [2.45, 2.75) is 13.3 Å². The maximum absolute atomic E-state index is 12.3. The minimum absolute atomic E-state index is 0.0191. The molecule has 1 heterocycles. The van der Waals surface area contributed by atoms with Crippen molar-refractivity contribution in [3.63, 3.8) is 0 Å². The van der Waals surface area contributed by atoms with Crippen LogP contribution in [0.15, 0.2) is 42.5 Å². The summed E-state index contributed by atoms with van der Waals surface area (Å²) in [6, 6.07) is 11.9. The molecule has 0 saturated carbocycles. The van der Waals surface area contributed by atoms with Crippen molar-refractivity contribution >= 4 is 28.9 Å². The number of hydrogen-bond donors (Lipinski definition) is 1. The predicted octanol–water partition coefficient (Wildman–Crippen LogP) is 3.58. The Hall–Kier alpha value is -2.68. The van der Waals surface area contributed by atoms with Gasteiger partial charge in [-0.2, -0.15) is 0 Å². The lowest BCUT2D eigenvalue weighted by atomic mass is 10.1. The normalized spacial score (nSPS) is 14.9. The van der Waals surface area contributed by atoms with Gasteiger partial charge >= 0.3 is 0 Å². The van der Waals surface area contributed by atoms with E-state index in [2.05, 4.69) is 15.1 Å². The van der Waals surface area contributed by atoms with Gasteiger partial charge in [0.1, 0.15) is 12.4 Å². The summed E-state index contributed by atoms with van der Waals surface area (Å²) < 4.78 is 5.75. The van der Waals surface area contributed by atoms with Crippen molar-refractivity contribution in [1.82, 2.24) is 9.80 Å². The maximum atomic E-state index is 12.3. The fraction of sp³-hybridized carbons (Fsp3) is 0.409. The Labute approximate surface area is 186 Å². The molecule has 2 aromatic rings. The van der Waals surface area contributed by atoms with Crippen LogP contribution in [-0.4, -0.2) is 66.5 Å². The summed E-state index contributed by atoms with van der Waals surface area (Å²) in [6.07, 6.45) is 0.381. The summed E-state index contributed by atoms with van der Waals surface area (Å²) >= 11 is 6.10. The van der Waals surface area contributed by atoms with E-state index in [1.54, 1.807) is 13.0 Å². The second-order valence-corrected chi connectivity index (χ2v) is 7.92. The van der Waals surface area contributed by atoms with Crippen LogP contribution >= 0.6 is 11.6 Å². The van der Waals surface area contributed by atoms with Crippen LogP contribution in [0.4, 0.5) is 11.4 Å². The number of para-hydroxylation sites is 1. The highest BCUT2D eigenvalue weighted by Gasteiger charge is 2.18. The van der Waals surface area contributed by atoms with E-state index in [1.807, 2.05) is 24.3 Å². The van der Waals surface area contributed by atoms with Crippen molar-refractivity contribution in [1.29, 1.82) is 0 Å². The number of ether oxygens (including phenoxy) is 1. The third kappa shape index (κ3) is 6.92. The number of amides is 1. The van der Waals surface area contributed by atoms with Crippen molar-refractivity contribution < 1.29 is 14.5 Å². The number of halogens is 1. The summed E-state index contributed by atoms with van der Waals surface area (Å²) in [6.45, 7) is 7.49. The van der Waals surface area contributed by atoms with E-state index in [-0.39, 0.29) is 11.6 Å². The summed E-state index contributed by atoms with van der Waals surface area (Å²) in [7, 11) is 0. The number of piperazine rings is 1. The third-order valence-corrected chi connectivity index (χ3v) is 5.63. The van der Waals surface area contributed by atoms with E-state index in [4.69, 9.17) is 16.3 Å². The van der Waals surface area contributed by atoms with Crippen LogP contribution in [-0.2, 0) is 4.79 Å². The van der Waals surface area contributed by atoms with Gasteiger partial charge in [-0.05, 0) is 30.7 Å². The number of non-ortho nitro benzene ring substituents is 1. The zero-order valence-electron chi connectivity index (χ0n) is 17.6. The highest BCUT2D eigenvalue weighted by Crippen LogP contribution is 2.23. The molecule has 31 heavy (non-hydrogen) atoms. The highest BCUT2D eigenvalue weighted by atomic mass is 35.5. The average Bonchev–Trinajstić information content (AvgIpc) is 2.76. The zero-order chi connectivity index (χ0) is 22.2. The molecule has 1 fully saturated rings. The van der Waals surface area contributed by atoms with Crippen LogP contribution in [0.25, 0.3) is 0 Å². The standard InChI is InChI=1S/C22H27ClN4O4/c1-17-16-18(27(29)30)6-7-20(17)24-22(28)8-9-25-10-12-26(13-11-25)14-15-31-21-5-3-2-4-19(21)23/h2-7,16H,8-15H2,1H3,(H,24,28). The molecule has 0 radical (unpaired) electrons. The fourth-order valence-electron chi connectivity index (χ4n) is 3.46. The number of hydrogen-bond acceptors (Lipinski definition) is 6. The molecular weight excluding hydrogens is 420 g/mol. The number of rotatable bonds is 9. The molecule has 3 rings (SSSR count). The van der Waals surface area contributed by atoms with E-state index < -0.39 is 4.92 Å². The molecule has 9 heteroatoms. The zero-order valence-corrected chi connectivity index (χ0v) is 18.3. The molecule has 1 N–H and O–H groups in total. The number of aryl methyl sites for hydroxylation is 1. The van der Waals surface area contributed by atoms with Gasteiger partial charge in [0.2, 0.25) is 5.91 Å². The third-order valence-electron chi connectivity index (χ3n) is 5.32. The molecular formula is C22H27ClN4O4. The molecule has 0 bridgehead atoms. The quantitative estimate of drug-likeness (QED) is 0.468. The second-order valence-electron chi connectivity index (χ2n) is 7.52. The molecule has 0 aliphatic carbocycles. The van der Waals surface area contributed by atoms with Gasteiger partial charge in [0, 0.05) is 63.5 Å². The summed E-state index contributed by atoms with van der Waals surface area (Å²) in [4.78, 5) is 27.3. The maximum Gasteiger partial charge on any atom is 0.269 e. The van der Waals surface area contributed by atoms with Crippen LogP contribution < -0.4 is 10.1 Å². The monoisotopic (exact) mass is 446 g/mol. The number of carbonyl (C=O) groups is 1. The van der Waals surface area contributed by atoms with Gasteiger partial charge in [-0.25, -0.2) is 0 Å². The van der Waals surface area contributed by atoms with E-state index in [0.717, 1.165) is 32.7 Å². The number of nitrogens with zero attached hydrogens (tertiary/aromatic N) is 3. The molecule has 2 aromatic carbocycles. The van der Waals surface area contributed by atoms with Gasteiger partial charge < -0.3 is 15.0 Å². The molecule has 1 aliphatic heterocycles. The Kier molecular flexibility index (Phi) is 8.22. The molecule has 8 nitrogen and oxygen atoms in total. The Morgan fingerprint density at radius 3 is 2.45 bits per heavy atom. The summed E-state index contributed by atoms with van der Waals surface area (Å²) in [5.74, 6) is 0.615. The first-order valence-corrected chi connectivity index (χ1v) is 10.7. The number of anilines is 1. The van der Waals surface area contributed by atoms with Gasteiger partial charge in [0.05, 0.1) is 9.95 Å². The smallest absolute Gasteiger partial charge is 0.269 e. The number of carbonyl (C=O) groups excluding carboxylic acids is 1. The molecule has 1 aliphatic rings. The van der Waals surface area contributed by atoms with E-state index in [9.17, 15) is 14.9 Å². The lowest BCUT2D eigenvalue weighted by molar-refractivity contribution is -0.384. The molecule has 1 amide bonds. The molecule has 166 valence electrons. The number of benzene rings is 2. The largest absolute Gasteiger partial charge is 0.491 e. The van der Waals surface area contributed by atoms with Crippen molar-refractivity contribution in [2.24, 2.45) is 0 Å². The lowest BCUT2D eigenvalue weighted by Gasteiger charge is -2.34. The average molecular weight is 447 g/mol. The summed E-state index contributed by atoms with van der Waals surface area (Å²) in [5.41, 5.74) is 1.31. The fourth-order valence-corrected chi connectivity index (χ4v) is 3.65. The molecule has 0 aromatic heterocycles. The highest BCUT2D eigenvalue weighted by molar-refractivity contribution is 6.32. The molecule has 0 unspecified atom stereocenters. The van der Waals surface area contributed by atoms with E-state index in [0.29, 0.717) is 41.6 Å². The van der Waals surface area contributed by atoms with E-state index >= 15 is 0 Å². The molecule has 0 atom stereocenters. The Morgan fingerprint density at radius 2 is 1.81 bits per heavy atom. The Bertz CT molecular complexity index is 916. The van der Waals surface area contributed by atoms with Crippen molar-refractivity contribution in [3.05, 3.63) is 63.2 Å². The van der Waals surface area contributed by atoms with Crippen LogP contribution in [0, 0.1) is 17.0 Å². The van der Waals surface area contributed by atoms with Crippen LogP contribution in [0.2, 0.25) is 5.02 Å². The Balaban J connectivity index is 1.34. The molecule has 1 saturated heterocycles. The second kappa shape index (κ2) is 11.1. The van der Waals surface area contributed by atoms with Gasteiger partial charge in [-0.15, -0.1) is 0 Å². The topological polar surface area (TPSA) is 88.0 Å². The minimum Gasteiger partial charge on any atom is -0.491 e. The first-order valence-electron chi connectivity index (χ1n) is 10.3. The first kappa shape index (κ1) is 23.0. The first-order chi connectivity index (χ1) is 14.9. The lowest BCUT2D eigenvalue weighted by Crippen LogP contribution is -2.48. The van der Waals surface area contributed by atoms with Crippen molar-refractivity contribution in [2.75, 3.05) is 51.2 Å². The van der Waals surface area contributed by atoms with Crippen molar-refractivity contribution in [3.8, 4) is 5.75 Å². The summed E-state index contributed by atoms with van der Waals surface area (Å²) in [5, 5.41) is 14.3. The van der Waals surface area contributed by atoms with Gasteiger partial charge in [0.15, 0.2) is 0 Å². The van der Waals surface area contributed by atoms with Crippen LogP contribution in [0.1, 0.15) is 12.0 Å². The molecule has 0 spiro atoms.